The number of rotatable bonds is 3. The predicted octanol–water partition coefficient (Wildman–Crippen LogP) is 4.46. The lowest BCUT2D eigenvalue weighted by molar-refractivity contribution is 0.509. The molecule has 1 N–H and O–H groups in total. The van der Waals surface area contributed by atoms with Crippen LogP contribution in [0.5, 0.6) is 0 Å². The summed E-state index contributed by atoms with van der Waals surface area (Å²) in [5.41, 5.74) is 4.53. The first-order chi connectivity index (χ1) is 9.74. The first kappa shape index (κ1) is 13.6. The molecule has 0 amide bonds. The molecule has 0 heterocycles. The van der Waals surface area contributed by atoms with Gasteiger partial charge in [-0.1, -0.05) is 56.4 Å². The molecule has 0 radical (unpaired) electrons. The first-order valence-electron chi connectivity index (χ1n) is 7.94. The highest BCUT2D eigenvalue weighted by atomic mass is 14.9. The zero-order valence-electron chi connectivity index (χ0n) is 12.6. The minimum absolute atomic E-state index is 0.484. The highest BCUT2D eigenvalue weighted by Gasteiger charge is 2.22. The SMILES string of the molecule is CC(C)C1=CCC(NC2CC=CC3=C2C=CCC3)C=C1. The van der Waals surface area contributed by atoms with Gasteiger partial charge >= 0.3 is 0 Å². The lowest BCUT2D eigenvalue weighted by atomic mass is 9.86. The van der Waals surface area contributed by atoms with E-state index >= 15 is 0 Å². The quantitative estimate of drug-likeness (QED) is 0.796. The van der Waals surface area contributed by atoms with Crippen molar-refractivity contribution in [1.82, 2.24) is 5.32 Å². The summed E-state index contributed by atoms with van der Waals surface area (Å²) >= 11 is 0. The highest BCUT2D eigenvalue weighted by Crippen LogP contribution is 2.29. The summed E-state index contributed by atoms with van der Waals surface area (Å²) in [6.45, 7) is 4.53. The molecule has 20 heavy (non-hydrogen) atoms. The lowest BCUT2D eigenvalue weighted by Crippen LogP contribution is -2.39. The molecule has 1 heteroatoms. The third-order valence-electron chi connectivity index (χ3n) is 4.53. The summed E-state index contributed by atoms with van der Waals surface area (Å²) in [6.07, 6.45) is 21.0. The van der Waals surface area contributed by atoms with Gasteiger partial charge in [-0.15, -0.1) is 0 Å². The van der Waals surface area contributed by atoms with Gasteiger partial charge in [0.05, 0.1) is 0 Å². The molecule has 0 spiro atoms. The molecule has 0 aromatic carbocycles. The van der Waals surface area contributed by atoms with Crippen LogP contribution in [0.15, 0.2) is 59.3 Å². The van der Waals surface area contributed by atoms with Crippen LogP contribution in [-0.2, 0) is 0 Å². The van der Waals surface area contributed by atoms with E-state index in [-0.39, 0.29) is 0 Å². The fourth-order valence-corrected chi connectivity index (χ4v) is 3.30. The Morgan fingerprint density at radius 1 is 1.10 bits per heavy atom. The second-order valence-corrected chi connectivity index (χ2v) is 6.34. The summed E-state index contributed by atoms with van der Waals surface area (Å²) < 4.78 is 0. The molecular weight excluding hydrogens is 242 g/mol. The molecule has 0 aromatic heterocycles. The van der Waals surface area contributed by atoms with Crippen molar-refractivity contribution in [2.24, 2.45) is 5.92 Å². The predicted molar refractivity (Wildman–Crippen MR) is 86.5 cm³/mol. The van der Waals surface area contributed by atoms with Crippen molar-refractivity contribution in [3.8, 4) is 0 Å². The Balaban J connectivity index is 1.65. The molecule has 0 saturated heterocycles. The van der Waals surface area contributed by atoms with Gasteiger partial charge in [0, 0.05) is 12.1 Å². The van der Waals surface area contributed by atoms with Crippen molar-refractivity contribution in [2.75, 3.05) is 0 Å². The molecule has 2 atom stereocenters. The molecular formula is C19H25N. The van der Waals surface area contributed by atoms with Crippen LogP contribution in [-0.4, -0.2) is 12.1 Å². The van der Waals surface area contributed by atoms with Crippen LogP contribution in [0.1, 0.15) is 39.5 Å². The van der Waals surface area contributed by atoms with Gasteiger partial charge in [-0.3, -0.25) is 0 Å². The van der Waals surface area contributed by atoms with Gasteiger partial charge in [-0.25, -0.2) is 0 Å². The lowest BCUT2D eigenvalue weighted by Gasteiger charge is -2.30. The van der Waals surface area contributed by atoms with Gasteiger partial charge in [0.1, 0.15) is 0 Å². The summed E-state index contributed by atoms with van der Waals surface area (Å²) in [5, 5.41) is 3.82. The van der Waals surface area contributed by atoms with Crippen molar-refractivity contribution in [1.29, 1.82) is 0 Å². The zero-order valence-corrected chi connectivity index (χ0v) is 12.6. The maximum atomic E-state index is 3.82. The van der Waals surface area contributed by atoms with E-state index in [1.165, 1.54) is 29.6 Å². The average Bonchev–Trinajstić information content (AvgIpc) is 2.48. The molecule has 0 fully saturated rings. The minimum Gasteiger partial charge on any atom is -0.303 e. The standard InChI is InChI=1S/C19H25N/c1-14(2)15-10-12-17(13-11-15)20-19-9-5-7-16-6-3-4-8-18(16)19/h4-5,7-8,10-12,14,17,19-20H,3,6,9,13H2,1-2H3. The van der Waals surface area contributed by atoms with Gasteiger partial charge in [-0.05, 0) is 48.3 Å². The second-order valence-electron chi connectivity index (χ2n) is 6.34. The van der Waals surface area contributed by atoms with E-state index in [1.54, 1.807) is 0 Å². The molecule has 0 aliphatic heterocycles. The van der Waals surface area contributed by atoms with Crippen LogP contribution in [0.3, 0.4) is 0 Å². The maximum absolute atomic E-state index is 3.82. The van der Waals surface area contributed by atoms with Crippen molar-refractivity contribution < 1.29 is 0 Å². The van der Waals surface area contributed by atoms with Crippen LogP contribution in [0.2, 0.25) is 0 Å². The smallest absolute Gasteiger partial charge is 0.0362 e. The third kappa shape index (κ3) is 2.88. The van der Waals surface area contributed by atoms with E-state index < -0.39 is 0 Å². The topological polar surface area (TPSA) is 12.0 Å². The van der Waals surface area contributed by atoms with Gasteiger partial charge < -0.3 is 5.32 Å². The second kappa shape index (κ2) is 5.97. The maximum Gasteiger partial charge on any atom is 0.0362 e. The summed E-state index contributed by atoms with van der Waals surface area (Å²) in [6, 6.07) is 0.980. The summed E-state index contributed by atoms with van der Waals surface area (Å²) in [7, 11) is 0. The van der Waals surface area contributed by atoms with Crippen molar-refractivity contribution in [2.45, 2.75) is 51.6 Å². The Labute approximate surface area is 122 Å². The van der Waals surface area contributed by atoms with Crippen molar-refractivity contribution >= 4 is 0 Å². The molecule has 1 nitrogen and oxygen atoms in total. The molecule has 3 aliphatic rings. The fraction of sp³-hybridized carbons (Fsp3) is 0.474. The average molecular weight is 267 g/mol. The van der Waals surface area contributed by atoms with E-state index in [9.17, 15) is 0 Å². The van der Waals surface area contributed by atoms with Gasteiger partial charge in [0.15, 0.2) is 0 Å². The number of hydrogen-bond acceptors (Lipinski definition) is 1. The normalized spacial score (nSPS) is 28.9. The van der Waals surface area contributed by atoms with E-state index in [2.05, 4.69) is 61.7 Å². The minimum atomic E-state index is 0.484. The van der Waals surface area contributed by atoms with E-state index in [0.717, 1.165) is 12.8 Å². The Kier molecular flexibility index (Phi) is 4.07. The van der Waals surface area contributed by atoms with Crippen molar-refractivity contribution in [3.63, 3.8) is 0 Å². The number of hydrogen-bond donors (Lipinski definition) is 1. The molecule has 3 aliphatic carbocycles. The number of allylic oxidation sites excluding steroid dienone is 5. The molecule has 2 unspecified atom stereocenters. The monoisotopic (exact) mass is 267 g/mol. The molecule has 0 bridgehead atoms. The third-order valence-corrected chi connectivity index (χ3v) is 4.53. The van der Waals surface area contributed by atoms with Gasteiger partial charge in [0.25, 0.3) is 0 Å². The summed E-state index contributed by atoms with van der Waals surface area (Å²) in [4.78, 5) is 0. The van der Waals surface area contributed by atoms with Gasteiger partial charge in [-0.2, -0.15) is 0 Å². The van der Waals surface area contributed by atoms with Gasteiger partial charge in [0.2, 0.25) is 0 Å². The highest BCUT2D eigenvalue weighted by molar-refractivity contribution is 5.43. The van der Waals surface area contributed by atoms with E-state index in [0.29, 0.717) is 18.0 Å². The van der Waals surface area contributed by atoms with Crippen LogP contribution < -0.4 is 5.32 Å². The van der Waals surface area contributed by atoms with Crippen LogP contribution >= 0.6 is 0 Å². The van der Waals surface area contributed by atoms with Crippen molar-refractivity contribution in [3.05, 3.63) is 59.3 Å². The first-order valence-corrected chi connectivity index (χ1v) is 7.94. The molecule has 3 rings (SSSR count). The Morgan fingerprint density at radius 3 is 2.75 bits per heavy atom. The van der Waals surface area contributed by atoms with Crippen LogP contribution in [0, 0.1) is 5.92 Å². The Bertz CT molecular complexity index is 514. The molecule has 0 aromatic rings. The Hall–Kier alpha value is -1.34. The Morgan fingerprint density at radius 2 is 2.00 bits per heavy atom. The largest absolute Gasteiger partial charge is 0.303 e. The van der Waals surface area contributed by atoms with E-state index in [4.69, 9.17) is 0 Å². The summed E-state index contributed by atoms with van der Waals surface area (Å²) in [5.74, 6) is 0.639. The van der Waals surface area contributed by atoms with Crippen LogP contribution in [0.4, 0.5) is 0 Å². The van der Waals surface area contributed by atoms with E-state index in [1.807, 2.05) is 0 Å². The molecule has 0 saturated carbocycles. The molecule has 106 valence electrons. The number of nitrogens with one attached hydrogen (secondary N) is 1. The fourth-order valence-electron chi connectivity index (χ4n) is 3.30. The van der Waals surface area contributed by atoms with Crippen LogP contribution in [0.25, 0.3) is 0 Å². The zero-order chi connectivity index (χ0) is 13.9.